The Morgan fingerprint density at radius 1 is 1.14 bits per heavy atom. The van der Waals surface area contributed by atoms with Gasteiger partial charge in [-0.15, -0.1) is 11.6 Å². The Hall–Kier alpha value is -2.41. The smallest absolute Gasteiger partial charge is 0.306 e. The standard InChI is InChI=1S/C30H39ClN2O4/c1-21-6-8-28(22(2)16-21)32-20-26-25(27(31)19-29(26)34)18-24-5-3-4-23(17-24)7-9-30(35)37-15-12-33-10-13-36-14-11-33/h3-6,8,16-17,25-27,32H,7,9-15,18-20H2,1-2H3/t25-,26-,27?/m1/s1. The zero-order valence-corrected chi connectivity index (χ0v) is 22.8. The van der Waals surface area contributed by atoms with E-state index in [9.17, 15) is 9.59 Å². The van der Waals surface area contributed by atoms with E-state index in [2.05, 4.69) is 54.4 Å². The number of esters is 1. The Kier molecular flexibility index (Phi) is 10.0. The summed E-state index contributed by atoms with van der Waals surface area (Å²) in [6.07, 6.45) is 2.16. The highest BCUT2D eigenvalue weighted by atomic mass is 35.5. The van der Waals surface area contributed by atoms with E-state index in [1.807, 2.05) is 12.1 Å². The highest BCUT2D eigenvalue weighted by Gasteiger charge is 2.41. The first-order valence-electron chi connectivity index (χ1n) is 13.4. The lowest BCUT2D eigenvalue weighted by atomic mass is 9.88. The van der Waals surface area contributed by atoms with Gasteiger partial charge in [-0.05, 0) is 55.4 Å². The second-order valence-corrected chi connectivity index (χ2v) is 10.9. The van der Waals surface area contributed by atoms with E-state index in [0.717, 1.165) is 56.1 Å². The van der Waals surface area contributed by atoms with Gasteiger partial charge in [-0.1, -0.05) is 42.0 Å². The largest absolute Gasteiger partial charge is 0.464 e. The van der Waals surface area contributed by atoms with Crippen molar-refractivity contribution in [1.29, 1.82) is 0 Å². The number of carbonyl (C=O) groups excluding carboxylic acids is 2. The van der Waals surface area contributed by atoms with Crippen LogP contribution in [0.15, 0.2) is 42.5 Å². The van der Waals surface area contributed by atoms with E-state index in [4.69, 9.17) is 21.1 Å². The maximum Gasteiger partial charge on any atom is 0.306 e. The molecule has 4 rings (SSSR count). The van der Waals surface area contributed by atoms with Gasteiger partial charge in [0.05, 0.1) is 13.2 Å². The molecule has 2 aliphatic rings. The van der Waals surface area contributed by atoms with Crippen molar-refractivity contribution in [3.05, 3.63) is 64.7 Å². The van der Waals surface area contributed by atoms with Crippen molar-refractivity contribution < 1.29 is 19.1 Å². The fourth-order valence-corrected chi connectivity index (χ4v) is 5.79. The first kappa shape index (κ1) is 27.6. The molecule has 200 valence electrons. The van der Waals surface area contributed by atoms with Crippen LogP contribution in [0.25, 0.3) is 0 Å². The number of rotatable bonds is 11. The summed E-state index contributed by atoms with van der Waals surface area (Å²) in [4.78, 5) is 27.3. The van der Waals surface area contributed by atoms with Crippen LogP contribution in [0.2, 0.25) is 0 Å². The maximum absolute atomic E-state index is 12.8. The van der Waals surface area contributed by atoms with Gasteiger partial charge in [0.2, 0.25) is 0 Å². The molecule has 1 N–H and O–H groups in total. The summed E-state index contributed by atoms with van der Waals surface area (Å²) in [5, 5.41) is 3.33. The third kappa shape index (κ3) is 8.03. The molecule has 0 aromatic heterocycles. The molecule has 1 unspecified atom stereocenters. The van der Waals surface area contributed by atoms with Crippen molar-refractivity contribution in [2.45, 2.75) is 44.9 Å². The molecule has 2 aromatic carbocycles. The average Bonchev–Trinajstić information content (AvgIpc) is 3.15. The SMILES string of the molecule is Cc1ccc(NC[C@H]2C(=O)CC(Cl)[C@@H]2Cc2cccc(CCC(=O)OCCN3CCOCC3)c2)c(C)c1. The molecule has 1 heterocycles. The molecule has 7 heteroatoms. The lowest BCUT2D eigenvalue weighted by Gasteiger charge is -2.26. The molecule has 1 aliphatic heterocycles. The third-order valence-electron chi connectivity index (χ3n) is 7.54. The molecule has 3 atom stereocenters. The van der Waals surface area contributed by atoms with Crippen molar-refractivity contribution in [3.63, 3.8) is 0 Å². The third-order valence-corrected chi connectivity index (χ3v) is 8.02. The summed E-state index contributed by atoms with van der Waals surface area (Å²) in [6, 6.07) is 14.6. The van der Waals surface area contributed by atoms with E-state index in [1.54, 1.807) is 0 Å². The molecule has 1 saturated carbocycles. The van der Waals surface area contributed by atoms with Crippen molar-refractivity contribution in [2.24, 2.45) is 11.8 Å². The van der Waals surface area contributed by atoms with Crippen molar-refractivity contribution in [3.8, 4) is 0 Å². The van der Waals surface area contributed by atoms with Gasteiger partial charge in [0.1, 0.15) is 12.4 Å². The number of ether oxygens (including phenoxy) is 2. The molecule has 0 amide bonds. The molecule has 2 fully saturated rings. The quantitative estimate of drug-likeness (QED) is 0.341. The molecule has 1 aliphatic carbocycles. The number of halogens is 1. The first-order valence-corrected chi connectivity index (χ1v) is 13.8. The van der Waals surface area contributed by atoms with E-state index in [0.29, 0.717) is 32.4 Å². The second-order valence-electron chi connectivity index (χ2n) is 10.4. The number of hydrogen-bond acceptors (Lipinski definition) is 6. The van der Waals surface area contributed by atoms with Crippen molar-refractivity contribution in [1.82, 2.24) is 4.90 Å². The van der Waals surface area contributed by atoms with Crippen LogP contribution in [0.1, 0.15) is 35.1 Å². The molecule has 0 bridgehead atoms. The fourth-order valence-electron chi connectivity index (χ4n) is 5.37. The molecule has 37 heavy (non-hydrogen) atoms. The molecule has 1 saturated heterocycles. The number of morpholine rings is 1. The van der Waals surface area contributed by atoms with Gasteiger partial charge < -0.3 is 14.8 Å². The van der Waals surface area contributed by atoms with Crippen LogP contribution in [-0.2, 0) is 31.9 Å². The van der Waals surface area contributed by atoms with Gasteiger partial charge >= 0.3 is 5.97 Å². The van der Waals surface area contributed by atoms with E-state index >= 15 is 0 Å². The van der Waals surface area contributed by atoms with Gasteiger partial charge in [-0.3, -0.25) is 14.5 Å². The molecule has 0 radical (unpaired) electrons. The van der Waals surface area contributed by atoms with Crippen LogP contribution in [0.4, 0.5) is 5.69 Å². The minimum Gasteiger partial charge on any atom is -0.464 e. The fraction of sp³-hybridized carbons (Fsp3) is 0.533. The van der Waals surface area contributed by atoms with Crippen molar-refractivity contribution >= 4 is 29.0 Å². The first-order chi connectivity index (χ1) is 17.9. The van der Waals surface area contributed by atoms with Gasteiger partial charge in [0, 0.05) is 56.0 Å². The normalized spacial score (nSPS) is 22.2. The zero-order valence-electron chi connectivity index (χ0n) is 22.0. The van der Waals surface area contributed by atoms with Gasteiger partial charge in [-0.25, -0.2) is 0 Å². The Morgan fingerprint density at radius 2 is 1.92 bits per heavy atom. The molecule has 0 spiro atoms. The van der Waals surface area contributed by atoms with Crippen LogP contribution < -0.4 is 5.32 Å². The van der Waals surface area contributed by atoms with Crippen LogP contribution in [0.5, 0.6) is 0 Å². The predicted octanol–water partition coefficient (Wildman–Crippen LogP) is 4.58. The minimum atomic E-state index is -0.168. The Balaban J connectivity index is 1.27. The number of carbonyl (C=O) groups is 2. The summed E-state index contributed by atoms with van der Waals surface area (Å²) in [6.45, 7) is 9.19. The summed E-state index contributed by atoms with van der Waals surface area (Å²) in [5.74, 6) is 0.0257. The van der Waals surface area contributed by atoms with Gasteiger partial charge in [0.15, 0.2) is 0 Å². The summed E-state index contributed by atoms with van der Waals surface area (Å²) in [7, 11) is 0. The van der Waals surface area contributed by atoms with Crippen LogP contribution in [0.3, 0.4) is 0 Å². The highest BCUT2D eigenvalue weighted by Crippen LogP contribution is 2.36. The Labute approximate surface area is 225 Å². The molecule has 2 aromatic rings. The predicted molar refractivity (Wildman–Crippen MR) is 147 cm³/mol. The van der Waals surface area contributed by atoms with Crippen LogP contribution in [-0.4, -0.2) is 68.0 Å². The van der Waals surface area contributed by atoms with Crippen molar-refractivity contribution in [2.75, 3.05) is 51.3 Å². The number of nitrogens with one attached hydrogen (secondary N) is 1. The number of hydrogen-bond donors (Lipinski definition) is 1. The number of ketones is 1. The lowest BCUT2D eigenvalue weighted by molar-refractivity contribution is -0.144. The highest BCUT2D eigenvalue weighted by molar-refractivity contribution is 6.23. The van der Waals surface area contributed by atoms with E-state index < -0.39 is 0 Å². The number of Topliss-reactive ketones (excluding diaryl/α,β-unsaturated/α-hetero) is 1. The van der Waals surface area contributed by atoms with Crippen LogP contribution >= 0.6 is 11.6 Å². The maximum atomic E-state index is 12.8. The summed E-state index contributed by atoms with van der Waals surface area (Å²) < 4.78 is 10.8. The monoisotopic (exact) mass is 526 g/mol. The molecular weight excluding hydrogens is 488 g/mol. The molecular formula is C30H39ClN2O4. The Bertz CT molecular complexity index is 1070. The minimum absolute atomic E-state index is 0.0767. The topological polar surface area (TPSA) is 67.9 Å². The number of aryl methyl sites for hydroxylation is 3. The summed E-state index contributed by atoms with van der Waals surface area (Å²) in [5.41, 5.74) is 5.72. The second kappa shape index (κ2) is 13.4. The number of nitrogens with zero attached hydrogens (tertiary/aromatic N) is 1. The van der Waals surface area contributed by atoms with E-state index in [1.165, 1.54) is 11.1 Å². The molecule has 6 nitrogen and oxygen atoms in total. The van der Waals surface area contributed by atoms with Gasteiger partial charge in [0.25, 0.3) is 0 Å². The zero-order chi connectivity index (χ0) is 26.2. The summed E-state index contributed by atoms with van der Waals surface area (Å²) >= 11 is 6.68. The Morgan fingerprint density at radius 3 is 2.70 bits per heavy atom. The number of alkyl halides is 1. The van der Waals surface area contributed by atoms with Gasteiger partial charge in [-0.2, -0.15) is 0 Å². The van der Waals surface area contributed by atoms with E-state index in [-0.39, 0.29) is 29.0 Å². The van der Waals surface area contributed by atoms with Crippen LogP contribution in [0, 0.1) is 25.7 Å². The number of anilines is 1. The average molecular weight is 527 g/mol. The number of benzene rings is 2. The lowest BCUT2D eigenvalue weighted by Crippen LogP contribution is -2.38.